The van der Waals surface area contributed by atoms with Gasteiger partial charge in [0.25, 0.3) is 5.89 Å². The SMILES string of the molecule is CCCn1c(=O)c(=O)[nH]c2cc(-c3noc(COc4ccc(F)cc4)n3)ccc21. The first-order valence-electron chi connectivity index (χ1n) is 9.03. The summed E-state index contributed by atoms with van der Waals surface area (Å²) in [7, 11) is 0. The predicted molar refractivity (Wildman–Crippen MR) is 103 cm³/mol. The maximum atomic E-state index is 12.9. The number of aromatic amines is 1. The summed E-state index contributed by atoms with van der Waals surface area (Å²) in [5.74, 6) is 0.687. The van der Waals surface area contributed by atoms with Gasteiger partial charge in [-0.1, -0.05) is 12.1 Å². The molecule has 0 unspecified atom stereocenters. The number of ether oxygens (including phenoxy) is 1. The smallest absolute Gasteiger partial charge is 0.316 e. The molecule has 29 heavy (non-hydrogen) atoms. The molecule has 2 aromatic carbocycles. The van der Waals surface area contributed by atoms with Gasteiger partial charge in [-0.2, -0.15) is 4.98 Å². The van der Waals surface area contributed by atoms with Crippen LogP contribution in [0.25, 0.3) is 22.4 Å². The fraction of sp³-hybridized carbons (Fsp3) is 0.200. The first-order valence-corrected chi connectivity index (χ1v) is 9.03. The van der Waals surface area contributed by atoms with Crippen molar-refractivity contribution in [2.45, 2.75) is 26.5 Å². The summed E-state index contributed by atoms with van der Waals surface area (Å²) in [5.41, 5.74) is 0.501. The predicted octanol–water partition coefficient (Wildman–Crippen LogP) is 2.87. The Morgan fingerprint density at radius 2 is 1.97 bits per heavy atom. The molecule has 0 amide bonds. The number of hydrogen-bond donors (Lipinski definition) is 1. The number of hydrogen-bond acceptors (Lipinski definition) is 6. The molecule has 1 N–H and O–H groups in total. The van der Waals surface area contributed by atoms with Gasteiger partial charge in [0.05, 0.1) is 11.0 Å². The Hall–Kier alpha value is -3.75. The molecule has 0 aliphatic carbocycles. The molecule has 0 radical (unpaired) electrons. The van der Waals surface area contributed by atoms with E-state index in [0.29, 0.717) is 34.7 Å². The fourth-order valence-electron chi connectivity index (χ4n) is 2.97. The van der Waals surface area contributed by atoms with Crippen LogP contribution in [0.15, 0.2) is 56.6 Å². The average molecular weight is 396 g/mol. The standard InChI is InChI=1S/C20H17FN4O4/c1-2-9-25-16-8-3-12(10-15(16)22-19(26)20(25)27)18-23-17(29-24-18)11-28-14-6-4-13(21)5-7-14/h3-8,10H,2,9,11H2,1H3,(H,22,26). The van der Waals surface area contributed by atoms with Crippen molar-refractivity contribution in [2.24, 2.45) is 0 Å². The molecular formula is C20H17FN4O4. The minimum absolute atomic E-state index is 0.0269. The second-order valence-electron chi connectivity index (χ2n) is 6.40. The lowest BCUT2D eigenvalue weighted by Gasteiger charge is -2.08. The Bertz CT molecular complexity index is 1270. The number of rotatable bonds is 6. The van der Waals surface area contributed by atoms with E-state index in [1.807, 2.05) is 6.92 Å². The molecule has 0 aliphatic heterocycles. The number of aromatic nitrogens is 4. The lowest BCUT2D eigenvalue weighted by Crippen LogP contribution is -2.36. The van der Waals surface area contributed by atoms with E-state index in [1.165, 1.54) is 28.8 Å². The molecular weight excluding hydrogens is 379 g/mol. The number of fused-ring (bicyclic) bond motifs is 1. The quantitative estimate of drug-likeness (QED) is 0.503. The first kappa shape index (κ1) is 18.6. The monoisotopic (exact) mass is 396 g/mol. The number of nitrogens with one attached hydrogen (secondary N) is 1. The highest BCUT2D eigenvalue weighted by molar-refractivity contribution is 5.80. The van der Waals surface area contributed by atoms with Crippen molar-refractivity contribution in [3.63, 3.8) is 0 Å². The van der Waals surface area contributed by atoms with Crippen LogP contribution in [-0.4, -0.2) is 19.7 Å². The topological polar surface area (TPSA) is 103 Å². The highest BCUT2D eigenvalue weighted by atomic mass is 19.1. The van der Waals surface area contributed by atoms with Crippen molar-refractivity contribution in [3.8, 4) is 17.1 Å². The second-order valence-corrected chi connectivity index (χ2v) is 6.40. The van der Waals surface area contributed by atoms with E-state index in [1.54, 1.807) is 18.2 Å². The zero-order chi connectivity index (χ0) is 20.4. The molecule has 0 bridgehead atoms. The van der Waals surface area contributed by atoms with Crippen molar-refractivity contribution in [1.29, 1.82) is 0 Å². The maximum absolute atomic E-state index is 12.9. The van der Waals surface area contributed by atoms with E-state index in [-0.39, 0.29) is 18.3 Å². The van der Waals surface area contributed by atoms with Crippen LogP contribution in [0, 0.1) is 5.82 Å². The zero-order valence-electron chi connectivity index (χ0n) is 15.5. The van der Waals surface area contributed by atoms with Crippen LogP contribution >= 0.6 is 0 Å². The van der Waals surface area contributed by atoms with Crippen molar-refractivity contribution < 1.29 is 13.7 Å². The van der Waals surface area contributed by atoms with Crippen molar-refractivity contribution in [2.75, 3.05) is 0 Å². The van der Waals surface area contributed by atoms with Gasteiger partial charge in [0, 0.05) is 12.1 Å². The third-order valence-electron chi connectivity index (χ3n) is 4.32. The molecule has 2 heterocycles. The molecule has 148 valence electrons. The van der Waals surface area contributed by atoms with Crippen molar-refractivity contribution in [3.05, 3.63) is 74.9 Å². The Morgan fingerprint density at radius 3 is 2.72 bits per heavy atom. The van der Waals surface area contributed by atoms with Crippen molar-refractivity contribution >= 4 is 11.0 Å². The highest BCUT2D eigenvalue weighted by Gasteiger charge is 2.13. The van der Waals surface area contributed by atoms with Gasteiger partial charge in [-0.25, -0.2) is 4.39 Å². The molecule has 0 aliphatic rings. The van der Waals surface area contributed by atoms with E-state index in [2.05, 4.69) is 15.1 Å². The second kappa shape index (κ2) is 7.70. The number of aryl methyl sites for hydroxylation is 1. The van der Waals surface area contributed by atoms with E-state index >= 15 is 0 Å². The van der Waals surface area contributed by atoms with Gasteiger partial charge < -0.3 is 18.8 Å². The van der Waals surface area contributed by atoms with E-state index in [0.717, 1.165) is 6.42 Å². The van der Waals surface area contributed by atoms with Crippen LogP contribution in [0.2, 0.25) is 0 Å². The molecule has 0 spiro atoms. The highest BCUT2D eigenvalue weighted by Crippen LogP contribution is 2.21. The third kappa shape index (κ3) is 3.79. The van der Waals surface area contributed by atoms with Crippen LogP contribution in [0.3, 0.4) is 0 Å². The van der Waals surface area contributed by atoms with Gasteiger partial charge in [-0.3, -0.25) is 9.59 Å². The lowest BCUT2D eigenvalue weighted by molar-refractivity contribution is 0.242. The molecule has 0 atom stereocenters. The number of benzene rings is 2. The van der Waals surface area contributed by atoms with Gasteiger partial charge in [0.15, 0.2) is 6.61 Å². The van der Waals surface area contributed by atoms with E-state index in [4.69, 9.17) is 9.26 Å². The van der Waals surface area contributed by atoms with E-state index < -0.39 is 11.1 Å². The first-order chi connectivity index (χ1) is 14.0. The van der Waals surface area contributed by atoms with Gasteiger partial charge in [0.2, 0.25) is 5.82 Å². The largest absolute Gasteiger partial charge is 0.484 e. The molecule has 0 saturated heterocycles. The Balaban J connectivity index is 1.60. The normalized spacial score (nSPS) is 11.1. The summed E-state index contributed by atoms with van der Waals surface area (Å²) in [6.45, 7) is 2.41. The van der Waals surface area contributed by atoms with Gasteiger partial charge in [-0.15, -0.1) is 0 Å². The zero-order valence-corrected chi connectivity index (χ0v) is 15.5. The Kier molecular flexibility index (Phi) is 4.94. The molecule has 4 aromatic rings. The minimum atomic E-state index is -0.676. The molecule has 9 heteroatoms. The Morgan fingerprint density at radius 1 is 1.17 bits per heavy atom. The van der Waals surface area contributed by atoms with Crippen LogP contribution in [0.1, 0.15) is 19.2 Å². The molecule has 0 saturated carbocycles. The molecule has 2 aromatic heterocycles. The van der Waals surface area contributed by atoms with Crippen LogP contribution < -0.4 is 15.9 Å². The van der Waals surface area contributed by atoms with Gasteiger partial charge in [-0.05, 0) is 48.9 Å². The van der Waals surface area contributed by atoms with Crippen LogP contribution in [-0.2, 0) is 13.2 Å². The molecule has 0 fully saturated rings. The average Bonchev–Trinajstić information content (AvgIpc) is 3.20. The number of nitrogens with zero attached hydrogens (tertiary/aromatic N) is 3. The molecule has 8 nitrogen and oxygen atoms in total. The van der Waals surface area contributed by atoms with Crippen LogP contribution in [0.4, 0.5) is 4.39 Å². The summed E-state index contributed by atoms with van der Waals surface area (Å²) in [4.78, 5) is 30.9. The van der Waals surface area contributed by atoms with E-state index in [9.17, 15) is 14.0 Å². The molecule has 4 rings (SSSR count). The summed E-state index contributed by atoms with van der Waals surface area (Å²) in [6, 6.07) is 10.8. The number of H-pyrrole nitrogens is 1. The summed E-state index contributed by atoms with van der Waals surface area (Å²) < 4.78 is 25.1. The summed E-state index contributed by atoms with van der Waals surface area (Å²) in [6.07, 6.45) is 0.725. The third-order valence-corrected chi connectivity index (χ3v) is 4.32. The summed E-state index contributed by atoms with van der Waals surface area (Å²) >= 11 is 0. The number of halogens is 1. The maximum Gasteiger partial charge on any atom is 0.316 e. The Labute approximate surface area is 163 Å². The fourth-order valence-corrected chi connectivity index (χ4v) is 2.97. The van der Waals surface area contributed by atoms with Crippen molar-refractivity contribution in [1.82, 2.24) is 19.7 Å². The summed E-state index contributed by atoms with van der Waals surface area (Å²) in [5, 5.41) is 3.93. The van der Waals surface area contributed by atoms with Gasteiger partial charge >= 0.3 is 11.1 Å². The van der Waals surface area contributed by atoms with Crippen LogP contribution in [0.5, 0.6) is 5.75 Å². The minimum Gasteiger partial charge on any atom is -0.484 e. The lowest BCUT2D eigenvalue weighted by atomic mass is 10.2. The van der Waals surface area contributed by atoms with Gasteiger partial charge in [0.1, 0.15) is 11.6 Å².